The Bertz CT molecular complexity index is 422. The highest BCUT2D eigenvalue weighted by atomic mass is 16.6. The Morgan fingerprint density at radius 3 is 2.58 bits per heavy atom. The van der Waals surface area contributed by atoms with Gasteiger partial charge in [-0.3, -0.25) is 10.1 Å². The summed E-state index contributed by atoms with van der Waals surface area (Å²) < 4.78 is 0. The molecule has 104 valence electrons. The summed E-state index contributed by atoms with van der Waals surface area (Å²) in [6, 6.07) is 8.38. The molecular weight excluding hydrogens is 248 g/mol. The molecule has 2 N–H and O–H groups in total. The summed E-state index contributed by atoms with van der Waals surface area (Å²) in [5, 5.41) is 21.8. The van der Waals surface area contributed by atoms with E-state index >= 15 is 0 Å². The van der Waals surface area contributed by atoms with Gasteiger partial charge < -0.3 is 10.4 Å². The molecular formula is C13H18N2O4. The summed E-state index contributed by atoms with van der Waals surface area (Å²) in [6.07, 6.45) is 0.0683. The maximum atomic E-state index is 11.0. The molecule has 0 radical (unpaired) electrons. The van der Waals surface area contributed by atoms with Crippen molar-refractivity contribution in [2.75, 3.05) is 0 Å². The van der Waals surface area contributed by atoms with E-state index in [9.17, 15) is 14.9 Å². The highest BCUT2D eigenvalue weighted by Crippen LogP contribution is 2.11. The van der Waals surface area contributed by atoms with Gasteiger partial charge in [0.25, 0.3) is 0 Å². The normalized spacial score (nSPS) is 13.5. The number of nitrogens with zero attached hydrogens (tertiary/aromatic N) is 1. The van der Waals surface area contributed by atoms with Crippen molar-refractivity contribution in [2.45, 2.75) is 38.3 Å². The smallest absolute Gasteiger partial charge is 0.404 e. The number of carbonyl (C=O) groups is 1. The van der Waals surface area contributed by atoms with E-state index in [2.05, 4.69) is 5.32 Å². The first-order chi connectivity index (χ1) is 8.99. The Hall–Kier alpha value is -2.11. The van der Waals surface area contributed by atoms with Crippen LogP contribution in [0.2, 0.25) is 0 Å². The maximum Gasteiger partial charge on any atom is 0.404 e. The number of rotatable bonds is 7. The van der Waals surface area contributed by atoms with Crippen LogP contribution in [0.25, 0.3) is 0 Å². The number of amides is 1. The number of nitro groups is 1. The van der Waals surface area contributed by atoms with Crippen LogP contribution in [0.1, 0.15) is 25.3 Å². The van der Waals surface area contributed by atoms with Crippen molar-refractivity contribution in [1.29, 1.82) is 0 Å². The lowest BCUT2D eigenvalue weighted by Gasteiger charge is -2.15. The number of nitrogens with one attached hydrogen (secondary N) is 1. The number of aryl methyl sites for hydroxylation is 1. The third kappa shape index (κ3) is 5.85. The summed E-state index contributed by atoms with van der Waals surface area (Å²) in [5.74, 6) is 0. The SMILES string of the molecule is C[C@H](CC(CCc1ccccc1)[N+](=O)[O-])NC(=O)O. The predicted molar refractivity (Wildman–Crippen MR) is 70.8 cm³/mol. The van der Waals surface area contributed by atoms with Crippen LogP contribution in [0.5, 0.6) is 0 Å². The number of carboxylic acid groups (broad SMARTS) is 1. The van der Waals surface area contributed by atoms with Gasteiger partial charge in [-0.05, 0) is 18.9 Å². The van der Waals surface area contributed by atoms with Crippen molar-refractivity contribution in [3.05, 3.63) is 46.0 Å². The van der Waals surface area contributed by atoms with Gasteiger partial charge in [0.1, 0.15) is 0 Å². The first-order valence-electron chi connectivity index (χ1n) is 6.16. The van der Waals surface area contributed by atoms with Crippen molar-refractivity contribution in [3.8, 4) is 0 Å². The van der Waals surface area contributed by atoms with E-state index in [1.165, 1.54) is 0 Å². The third-order valence-electron chi connectivity index (χ3n) is 2.90. The second kappa shape index (κ2) is 7.35. The Morgan fingerprint density at radius 2 is 2.05 bits per heavy atom. The highest BCUT2D eigenvalue weighted by molar-refractivity contribution is 5.64. The lowest BCUT2D eigenvalue weighted by atomic mass is 10.0. The average Bonchev–Trinajstić information content (AvgIpc) is 2.34. The first kappa shape index (κ1) is 14.9. The molecule has 1 aromatic carbocycles. The minimum Gasteiger partial charge on any atom is -0.465 e. The van der Waals surface area contributed by atoms with E-state index in [4.69, 9.17) is 5.11 Å². The van der Waals surface area contributed by atoms with Gasteiger partial charge in [-0.15, -0.1) is 0 Å². The third-order valence-corrected chi connectivity index (χ3v) is 2.90. The summed E-state index contributed by atoms with van der Waals surface area (Å²) in [4.78, 5) is 21.1. The van der Waals surface area contributed by atoms with Crippen LogP contribution in [-0.2, 0) is 6.42 Å². The van der Waals surface area contributed by atoms with Gasteiger partial charge in [-0.25, -0.2) is 4.79 Å². The molecule has 1 unspecified atom stereocenters. The Balaban J connectivity index is 2.49. The Kier molecular flexibility index (Phi) is 5.78. The summed E-state index contributed by atoms with van der Waals surface area (Å²) in [5.41, 5.74) is 1.05. The Labute approximate surface area is 111 Å². The first-order valence-corrected chi connectivity index (χ1v) is 6.16. The molecule has 2 atom stereocenters. The van der Waals surface area contributed by atoms with E-state index in [1.54, 1.807) is 6.92 Å². The monoisotopic (exact) mass is 266 g/mol. The molecule has 1 aromatic rings. The molecule has 1 amide bonds. The molecule has 0 aliphatic rings. The molecule has 6 heteroatoms. The molecule has 1 rings (SSSR count). The predicted octanol–water partition coefficient (Wildman–Crippen LogP) is 2.31. The zero-order valence-electron chi connectivity index (χ0n) is 10.8. The van der Waals surface area contributed by atoms with Gasteiger partial charge in [0.2, 0.25) is 6.04 Å². The standard InChI is InChI=1S/C13H18N2O4/c1-10(14-13(16)17)9-12(15(18)19)8-7-11-5-3-2-4-6-11/h2-6,10,12,14H,7-9H2,1H3,(H,16,17)/t10-,12?/m1/s1. The van der Waals surface area contributed by atoms with Crippen LogP contribution in [0.4, 0.5) is 4.79 Å². The number of benzene rings is 1. The molecule has 0 heterocycles. The zero-order valence-corrected chi connectivity index (χ0v) is 10.8. The zero-order chi connectivity index (χ0) is 14.3. The van der Waals surface area contributed by atoms with Gasteiger partial charge in [0.15, 0.2) is 0 Å². The number of hydrogen-bond donors (Lipinski definition) is 2. The van der Waals surface area contributed by atoms with Gasteiger partial charge in [-0.1, -0.05) is 30.3 Å². The summed E-state index contributed by atoms with van der Waals surface area (Å²) >= 11 is 0. The van der Waals surface area contributed by atoms with Gasteiger partial charge >= 0.3 is 6.09 Å². The topological polar surface area (TPSA) is 92.5 Å². The van der Waals surface area contributed by atoms with E-state index in [0.717, 1.165) is 5.56 Å². The molecule has 0 fully saturated rings. The summed E-state index contributed by atoms with van der Waals surface area (Å²) in [7, 11) is 0. The minimum atomic E-state index is -1.15. The van der Waals surface area contributed by atoms with Crippen LogP contribution in [0.3, 0.4) is 0 Å². The van der Waals surface area contributed by atoms with Crippen LogP contribution in [0, 0.1) is 10.1 Å². The minimum absolute atomic E-state index is 0.201. The molecule has 19 heavy (non-hydrogen) atoms. The molecule has 0 aliphatic carbocycles. The quantitative estimate of drug-likeness (QED) is 0.585. The second-order valence-electron chi connectivity index (χ2n) is 4.55. The molecule has 0 bridgehead atoms. The van der Waals surface area contributed by atoms with E-state index in [-0.39, 0.29) is 11.3 Å². The van der Waals surface area contributed by atoms with Crippen LogP contribution < -0.4 is 5.32 Å². The fourth-order valence-electron chi connectivity index (χ4n) is 1.97. The van der Waals surface area contributed by atoms with Crippen LogP contribution in [0.15, 0.2) is 30.3 Å². The average molecular weight is 266 g/mol. The lowest BCUT2D eigenvalue weighted by Crippen LogP contribution is -2.36. The number of hydrogen-bond acceptors (Lipinski definition) is 3. The molecule has 0 aromatic heterocycles. The summed E-state index contributed by atoms with van der Waals surface area (Å²) in [6.45, 7) is 1.63. The van der Waals surface area contributed by atoms with Gasteiger partial charge in [0.05, 0.1) is 0 Å². The molecule has 6 nitrogen and oxygen atoms in total. The van der Waals surface area contributed by atoms with Crippen LogP contribution >= 0.6 is 0 Å². The van der Waals surface area contributed by atoms with Gasteiger partial charge in [-0.2, -0.15) is 0 Å². The lowest BCUT2D eigenvalue weighted by molar-refractivity contribution is -0.524. The van der Waals surface area contributed by atoms with Crippen molar-refractivity contribution in [3.63, 3.8) is 0 Å². The van der Waals surface area contributed by atoms with Crippen molar-refractivity contribution in [1.82, 2.24) is 5.32 Å². The van der Waals surface area contributed by atoms with Crippen molar-refractivity contribution in [2.24, 2.45) is 0 Å². The maximum absolute atomic E-state index is 11.0. The van der Waals surface area contributed by atoms with E-state index < -0.39 is 18.2 Å². The largest absolute Gasteiger partial charge is 0.465 e. The second-order valence-corrected chi connectivity index (χ2v) is 4.55. The van der Waals surface area contributed by atoms with Gasteiger partial charge in [0, 0.05) is 23.8 Å². The van der Waals surface area contributed by atoms with Crippen molar-refractivity contribution >= 4 is 6.09 Å². The fraction of sp³-hybridized carbons (Fsp3) is 0.462. The molecule has 0 saturated heterocycles. The van der Waals surface area contributed by atoms with E-state index in [1.807, 2.05) is 30.3 Å². The Morgan fingerprint density at radius 1 is 1.42 bits per heavy atom. The van der Waals surface area contributed by atoms with Crippen LogP contribution in [-0.4, -0.2) is 28.2 Å². The highest BCUT2D eigenvalue weighted by Gasteiger charge is 2.23. The van der Waals surface area contributed by atoms with E-state index in [0.29, 0.717) is 12.8 Å². The van der Waals surface area contributed by atoms with Crippen molar-refractivity contribution < 1.29 is 14.8 Å². The molecule has 0 aliphatic heterocycles. The fourth-order valence-corrected chi connectivity index (χ4v) is 1.97. The molecule has 0 saturated carbocycles. The molecule has 0 spiro atoms.